The summed E-state index contributed by atoms with van der Waals surface area (Å²) in [7, 11) is 1.48. The van der Waals surface area contributed by atoms with Crippen LogP contribution in [-0.2, 0) is 14.3 Å². The molecular weight excluding hydrogens is 459 g/mol. The molecule has 180 valence electrons. The van der Waals surface area contributed by atoms with Crippen LogP contribution in [0.1, 0.15) is 20.7 Å². The minimum absolute atomic E-state index is 0.0102. The standard InChI is InChI=1S/C25H21FN2O7/c1-33-17-12-10-16(11-13-17)24(31)28-23(30)15-35-25(32)18-6-2-5-9-21(18)34-14-22(29)27-20-8-4-3-7-19(20)26/h2-13H,14-15H2,1H3,(H,27,29)(H,28,30,31). The van der Waals surface area contributed by atoms with Crippen LogP contribution in [0, 0.1) is 5.82 Å². The molecule has 3 aromatic rings. The Morgan fingerprint density at radius 2 is 1.51 bits per heavy atom. The fourth-order valence-electron chi connectivity index (χ4n) is 2.84. The summed E-state index contributed by atoms with van der Waals surface area (Å²) in [6.45, 7) is -1.22. The number of carbonyl (C=O) groups excluding carboxylic acids is 4. The lowest BCUT2D eigenvalue weighted by Crippen LogP contribution is -2.34. The highest BCUT2D eigenvalue weighted by Crippen LogP contribution is 2.19. The molecule has 9 nitrogen and oxygen atoms in total. The van der Waals surface area contributed by atoms with Gasteiger partial charge in [-0.3, -0.25) is 19.7 Å². The van der Waals surface area contributed by atoms with Crippen molar-refractivity contribution in [3.8, 4) is 11.5 Å². The van der Waals surface area contributed by atoms with E-state index < -0.39 is 42.7 Å². The second-order valence-corrected chi connectivity index (χ2v) is 6.99. The topological polar surface area (TPSA) is 120 Å². The van der Waals surface area contributed by atoms with Crippen molar-refractivity contribution < 1.29 is 37.8 Å². The second-order valence-electron chi connectivity index (χ2n) is 6.99. The van der Waals surface area contributed by atoms with Gasteiger partial charge in [0.15, 0.2) is 13.2 Å². The first-order chi connectivity index (χ1) is 16.9. The van der Waals surface area contributed by atoms with E-state index in [0.29, 0.717) is 5.75 Å². The number of esters is 1. The van der Waals surface area contributed by atoms with Crippen molar-refractivity contribution in [1.82, 2.24) is 5.32 Å². The van der Waals surface area contributed by atoms with Gasteiger partial charge in [0.2, 0.25) is 0 Å². The number of imide groups is 1. The van der Waals surface area contributed by atoms with Crippen LogP contribution < -0.4 is 20.1 Å². The highest BCUT2D eigenvalue weighted by Gasteiger charge is 2.18. The van der Waals surface area contributed by atoms with E-state index >= 15 is 0 Å². The SMILES string of the molecule is COc1ccc(C(=O)NC(=O)COC(=O)c2ccccc2OCC(=O)Nc2ccccc2F)cc1. The zero-order valence-electron chi connectivity index (χ0n) is 18.6. The zero-order chi connectivity index (χ0) is 25.2. The molecule has 10 heteroatoms. The van der Waals surface area contributed by atoms with E-state index in [9.17, 15) is 23.6 Å². The van der Waals surface area contributed by atoms with E-state index in [1.807, 2.05) is 0 Å². The second kappa shape index (κ2) is 11.9. The lowest BCUT2D eigenvalue weighted by Gasteiger charge is -2.12. The highest BCUT2D eigenvalue weighted by molar-refractivity contribution is 6.05. The first-order valence-corrected chi connectivity index (χ1v) is 10.3. The van der Waals surface area contributed by atoms with Gasteiger partial charge in [0, 0.05) is 5.56 Å². The first kappa shape index (κ1) is 24.9. The van der Waals surface area contributed by atoms with Gasteiger partial charge in [-0.2, -0.15) is 0 Å². The minimum atomic E-state index is -0.901. The lowest BCUT2D eigenvalue weighted by molar-refractivity contribution is -0.123. The van der Waals surface area contributed by atoms with Crippen LogP contribution in [0.3, 0.4) is 0 Å². The normalized spacial score (nSPS) is 10.1. The van der Waals surface area contributed by atoms with Gasteiger partial charge in [0.25, 0.3) is 17.7 Å². The number of ether oxygens (including phenoxy) is 3. The Balaban J connectivity index is 1.52. The van der Waals surface area contributed by atoms with E-state index in [1.54, 1.807) is 24.3 Å². The molecule has 0 spiro atoms. The van der Waals surface area contributed by atoms with E-state index in [4.69, 9.17) is 14.2 Å². The Morgan fingerprint density at radius 1 is 0.829 bits per heavy atom. The Morgan fingerprint density at radius 3 is 2.23 bits per heavy atom. The highest BCUT2D eigenvalue weighted by atomic mass is 19.1. The van der Waals surface area contributed by atoms with Gasteiger partial charge >= 0.3 is 5.97 Å². The van der Waals surface area contributed by atoms with Crippen molar-refractivity contribution in [3.63, 3.8) is 0 Å². The summed E-state index contributed by atoms with van der Waals surface area (Å²) in [6, 6.07) is 17.6. The fraction of sp³-hybridized carbons (Fsp3) is 0.120. The van der Waals surface area contributed by atoms with Crippen LogP contribution in [0.4, 0.5) is 10.1 Å². The molecule has 0 atom stereocenters. The summed E-state index contributed by atoms with van der Waals surface area (Å²) in [5.74, 6) is -3.08. The van der Waals surface area contributed by atoms with Crippen LogP contribution in [0.2, 0.25) is 0 Å². The van der Waals surface area contributed by atoms with Crippen molar-refractivity contribution in [3.05, 3.63) is 89.7 Å². The smallest absolute Gasteiger partial charge is 0.342 e. The van der Waals surface area contributed by atoms with Gasteiger partial charge in [0.05, 0.1) is 12.8 Å². The molecular formula is C25H21FN2O7. The van der Waals surface area contributed by atoms with Gasteiger partial charge in [-0.15, -0.1) is 0 Å². The quantitative estimate of drug-likeness (QED) is 0.452. The molecule has 0 aliphatic rings. The van der Waals surface area contributed by atoms with Gasteiger partial charge in [-0.25, -0.2) is 9.18 Å². The van der Waals surface area contributed by atoms with Crippen molar-refractivity contribution in [1.29, 1.82) is 0 Å². The Labute approximate surface area is 199 Å². The summed E-state index contributed by atoms with van der Waals surface area (Å²) in [6.07, 6.45) is 0. The first-order valence-electron chi connectivity index (χ1n) is 10.3. The van der Waals surface area contributed by atoms with Crippen LogP contribution in [0.25, 0.3) is 0 Å². The van der Waals surface area contributed by atoms with Crippen LogP contribution in [0.5, 0.6) is 11.5 Å². The predicted octanol–water partition coefficient (Wildman–Crippen LogP) is 2.97. The maximum Gasteiger partial charge on any atom is 0.342 e. The molecule has 0 aromatic heterocycles. The van der Waals surface area contributed by atoms with E-state index in [2.05, 4.69) is 10.6 Å². The third-order valence-corrected chi connectivity index (χ3v) is 4.55. The maximum absolute atomic E-state index is 13.7. The molecule has 3 rings (SSSR count). The number of methoxy groups -OCH3 is 1. The van der Waals surface area contributed by atoms with Crippen molar-refractivity contribution >= 4 is 29.4 Å². The number of amides is 3. The number of carbonyl (C=O) groups is 4. The number of hydrogen-bond donors (Lipinski definition) is 2. The summed E-state index contributed by atoms with van der Waals surface area (Å²) in [5.41, 5.74) is 0.169. The number of anilines is 1. The maximum atomic E-state index is 13.7. The average molecular weight is 480 g/mol. The molecule has 0 saturated heterocycles. The number of hydrogen-bond acceptors (Lipinski definition) is 7. The number of nitrogens with one attached hydrogen (secondary N) is 2. The minimum Gasteiger partial charge on any atom is -0.497 e. The zero-order valence-corrected chi connectivity index (χ0v) is 18.6. The lowest BCUT2D eigenvalue weighted by atomic mass is 10.2. The van der Waals surface area contributed by atoms with E-state index in [-0.39, 0.29) is 22.6 Å². The molecule has 0 unspecified atom stereocenters. The van der Waals surface area contributed by atoms with Crippen molar-refractivity contribution in [2.45, 2.75) is 0 Å². The molecule has 35 heavy (non-hydrogen) atoms. The van der Waals surface area contributed by atoms with Crippen molar-refractivity contribution in [2.24, 2.45) is 0 Å². The fourth-order valence-corrected chi connectivity index (χ4v) is 2.84. The summed E-state index contributed by atoms with van der Waals surface area (Å²) in [5, 5.41) is 4.47. The van der Waals surface area contributed by atoms with Crippen LogP contribution in [0.15, 0.2) is 72.8 Å². The average Bonchev–Trinajstić information content (AvgIpc) is 2.87. The van der Waals surface area contributed by atoms with E-state index in [0.717, 1.165) is 0 Å². The molecule has 3 amide bonds. The van der Waals surface area contributed by atoms with Gasteiger partial charge in [0.1, 0.15) is 22.9 Å². The summed E-state index contributed by atoms with van der Waals surface area (Å²) >= 11 is 0. The molecule has 0 aliphatic carbocycles. The molecule has 0 radical (unpaired) electrons. The molecule has 0 fully saturated rings. The monoisotopic (exact) mass is 480 g/mol. The molecule has 2 N–H and O–H groups in total. The van der Waals surface area contributed by atoms with Gasteiger partial charge in [-0.05, 0) is 48.5 Å². The molecule has 0 heterocycles. The largest absolute Gasteiger partial charge is 0.497 e. The third-order valence-electron chi connectivity index (χ3n) is 4.55. The number of para-hydroxylation sites is 2. The van der Waals surface area contributed by atoms with Crippen LogP contribution in [-0.4, -0.2) is 44.0 Å². The Hall–Kier alpha value is -4.73. The molecule has 0 bridgehead atoms. The number of halogens is 1. The number of benzene rings is 3. The summed E-state index contributed by atoms with van der Waals surface area (Å²) < 4.78 is 29.0. The van der Waals surface area contributed by atoms with Gasteiger partial charge < -0.3 is 19.5 Å². The molecule has 0 saturated carbocycles. The number of rotatable bonds is 9. The summed E-state index contributed by atoms with van der Waals surface area (Å²) in [4.78, 5) is 48.7. The van der Waals surface area contributed by atoms with Gasteiger partial charge in [-0.1, -0.05) is 24.3 Å². The predicted molar refractivity (Wildman–Crippen MR) is 123 cm³/mol. The van der Waals surface area contributed by atoms with Crippen LogP contribution >= 0.6 is 0 Å². The molecule has 0 aliphatic heterocycles. The van der Waals surface area contributed by atoms with E-state index in [1.165, 1.54) is 55.6 Å². The van der Waals surface area contributed by atoms with Crippen molar-refractivity contribution in [2.75, 3.05) is 25.6 Å². The Kier molecular flexibility index (Phi) is 8.49. The molecule has 3 aromatic carbocycles. The Bertz CT molecular complexity index is 1230. The third kappa shape index (κ3) is 7.13.